The van der Waals surface area contributed by atoms with E-state index in [1.807, 2.05) is 0 Å². The van der Waals surface area contributed by atoms with Crippen LogP contribution in [0.5, 0.6) is 5.75 Å². The summed E-state index contributed by atoms with van der Waals surface area (Å²) in [7, 11) is -3.56. The van der Waals surface area contributed by atoms with Crippen LogP contribution in [0.3, 0.4) is 0 Å². The summed E-state index contributed by atoms with van der Waals surface area (Å²) in [6.45, 7) is 0.324. The molecule has 0 aliphatic rings. The predicted octanol–water partition coefficient (Wildman–Crippen LogP) is 4.15. The molecule has 0 spiro atoms. The van der Waals surface area contributed by atoms with Gasteiger partial charge in [0.05, 0.1) is 5.75 Å². The third-order valence-corrected chi connectivity index (χ3v) is 5.18. The Balaban J connectivity index is 1.86. The zero-order chi connectivity index (χ0) is 16.9. The van der Waals surface area contributed by atoms with Gasteiger partial charge >= 0.3 is 0 Å². The maximum atomic E-state index is 12.1. The molecule has 2 aromatic carbocycles. The highest BCUT2D eigenvalue weighted by atomic mass is 35.5. The topological polar surface area (TPSA) is 55.4 Å². The van der Waals surface area contributed by atoms with Crippen LogP contribution < -0.4 is 9.46 Å². The second-order valence-corrected chi connectivity index (χ2v) is 7.71. The van der Waals surface area contributed by atoms with Crippen molar-refractivity contribution in [3.63, 3.8) is 0 Å². The molecule has 0 radical (unpaired) electrons. The number of rotatable bonds is 7. The Hall–Kier alpha value is -0.980. The summed E-state index contributed by atoms with van der Waals surface area (Å²) in [5.41, 5.74) is 0.377. The van der Waals surface area contributed by atoms with Crippen LogP contribution in [-0.2, 0) is 15.8 Å². The van der Waals surface area contributed by atoms with Crippen molar-refractivity contribution in [2.24, 2.45) is 0 Å². The second kappa shape index (κ2) is 8.22. The highest BCUT2D eigenvalue weighted by Gasteiger charge is 2.16. The quantitative estimate of drug-likeness (QED) is 0.718. The van der Waals surface area contributed by atoms with Crippen LogP contribution in [0, 0.1) is 0 Å². The standard InChI is InChI=1S/C15H14Cl3NO3S/c16-11-4-6-12(7-5-11)22-9-8-19-23(20,21)10-13-14(17)2-1-3-15(13)18/h1-7,19H,8-10H2. The van der Waals surface area contributed by atoms with Gasteiger partial charge in [0.1, 0.15) is 12.4 Å². The zero-order valence-corrected chi connectivity index (χ0v) is 15.0. The van der Waals surface area contributed by atoms with Gasteiger partial charge in [0.15, 0.2) is 0 Å². The number of halogens is 3. The lowest BCUT2D eigenvalue weighted by Gasteiger charge is -2.10. The average Bonchev–Trinajstić information content (AvgIpc) is 2.49. The molecule has 0 bridgehead atoms. The Morgan fingerprint density at radius 3 is 2.17 bits per heavy atom. The number of benzene rings is 2. The van der Waals surface area contributed by atoms with E-state index in [1.165, 1.54) is 0 Å². The zero-order valence-electron chi connectivity index (χ0n) is 11.9. The highest BCUT2D eigenvalue weighted by molar-refractivity contribution is 7.88. The van der Waals surface area contributed by atoms with Gasteiger partial charge in [-0.25, -0.2) is 13.1 Å². The molecule has 23 heavy (non-hydrogen) atoms. The monoisotopic (exact) mass is 393 g/mol. The van der Waals surface area contributed by atoms with Crippen molar-refractivity contribution in [3.8, 4) is 5.75 Å². The third-order valence-electron chi connectivity index (χ3n) is 2.90. The maximum Gasteiger partial charge on any atom is 0.216 e. The van der Waals surface area contributed by atoms with Crippen LogP contribution in [0.25, 0.3) is 0 Å². The molecular formula is C15H14Cl3NO3S. The summed E-state index contributed by atoms with van der Waals surface area (Å²) >= 11 is 17.7. The molecule has 0 fully saturated rings. The van der Waals surface area contributed by atoms with E-state index in [1.54, 1.807) is 42.5 Å². The molecule has 124 valence electrons. The summed E-state index contributed by atoms with van der Waals surface area (Å²) in [6, 6.07) is 11.7. The second-order valence-electron chi connectivity index (χ2n) is 4.66. The Morgan fingerprint density at radius 1 is 0.957 bits per heavy atom. The van der Waals surface area contributed by atoms with E-state index in [4.69, 9.17) is 39.5 Å². The Morgan fingerprint density at radius 2 is 1.57 bits per heavy atom. The molecule has 2 aromatic rings. The summed E-state index contributed by atoms with van der Waals surface area (Å²) in [5, 5.41) is 1.25. The van der Waals surface area contributed by atoms with Gasteiger partial charge in [-0.3, -0.25) is 0 Å². The van der Waals surface area contributed by atoms with Crippen LogP contribution in [0.2, 0.25) is 15.1 Å². The van der Waals surface area contributed by atoms with Gasteiger partial charge in [0, 0.05) is 27.2 Å². The Kier molecular flexibility index (Phi) is 6.56. The van der Waals surface area contributed by atoms with Gasteiger partial charge in [-0.1, -0.05) is 40.9 Å². The average molecular weight is 395 g/mol. The van der Waals surface area contributed by atoms with Crippen molar-refractivity contribution in [3.05, 3.63) is 63.1 Å². The van der Waals surface area contributed by atoms with Crippen molar-refractivity contribution in [1.29, 1.82) is 0 Å². The van der Waals surface area contributed by atoms with E-state index < -0.39 is 10.0 Å². The molecule has 1 N–H and O–H groups in total. The van der Waals surface area contributed by atoms with Crippen LogP contribution in [-0.4, -0.2) is 21.6 Å². The Bertz CT molecular complexity index is 744. The molecule has 0 amide bonds. The van der Waals surface area contributed by atoms with Gasteiger partial charge in [-0.15, -0.1) is 0 Å². The minimum Gasteiger partial charge on any atom is -0.492 e. The predicted molar refractivity (Wildman–Crippen MR) is 94.0 cm³/mol. The fourth-order valence-corrected chi connectivity index (χ4v) is 3.81. The minimum atomic E-state index is -3.56. The van der Waals surface area contributed by atoms with E-state index in [0.29, 0.717) is 26.4 Å². The van der Waals surface area contributed by atoms with Gasteiger partial charge in [-0.2, -0.15) is 0 Å². The molecule has 0 aromatic heterocycles. The maximum absolute atomic E-state index is 12.1. The van der Waals surface area contributed by atoms with Gasteiger partial charge in [0.25, 0.3) is 0 Å². The van der Waals surface area contributed by atoms with Gasteiger partial charge in [0.2, 0.25) is 10.0 Å². The molecule has 4 nitrogen and oxygen atoms in total. The molecule has 0 atom stereocenters. The van der Waals surface area contributed by atoms with Crippen LogP contribution in [0.4, 0.5) is 0 Å². The smallest absolute Gasteiger partial charge is 0.216 e. The van der Waals surface area contributed by atoms with Gasteiger partial charge < -0.3 is 4.74 Å². The van der Waals surface area contributed by atoms with E-state index in [9.17, 15) is 8.42 Å². The van der Waals surface area contributed by atoms with Crippen LogP contribution in [0.15, 0.2) is 42.5 Å². The van der Waals surface area contributed by atoms with Crippen LogP contribution >= 0.6 is 34.8 Å². The third kappa shape index (κ3) is 5.86. The SMILES string of the molecule is O=S(=O)(Cc1c(Cl)cccc1Cl)NCCOc1ccc(Cl)cc1. The first-order valence-electron chi connectivity index (χ1n) is 6.66. The molecule has 0 aliphatic carbocycles. The van der Waals surface area contributed by atoms with Crippen molar-refractivity contribution >= 4 is 44.8 Å². The molecule has 0 unspecified atom stereocenters. The first-order chi connectivity index (χ1) is 10.9. The lowest BCUT2D eigenvalue weighted by molar-refractivity contribution is 0.323. The summed E-state index contributed by atoms with van der Waals surface area (Å²) in [5.74, 6) is 0.328. The Labute approximate surface area is 150 Å². The van der Waals surface area contributed by atoms with E-state index in [0.717, 1.165) is 0 Å². The summed E-state index contributed by atoms with van der Waals surface area (Å²) in [6.07, 6.45) is 0. The van der Waals surface area contributed by atoms with E-state index in [2.05, 4.69) is 4.72 Å². The van der Waals surface area contributed by atoms with Crippen molar-refractivity contribution < 1.29 is 13.2 Å². The number of sulfonamides is 1. The molecular weight excluding hydrogens is 381 g/mol. The number of hydrogen-bond donors (Lipinski definition) is 1. The summed E-state index contributed by atoms with van der Waals surface area (Å²) in [4.78, 5) is 0. The van der Waals surface area contributed by atoms with Crippen molar-refractivity contribution in [2.45, 2.75) is 5.75 Å². The molecule has 0 heterocycles. The first kappa shape index (κ1) is 18.4. The normalized spacial score (nSPS) is 11.4. The first-order valence-corrected chi connectivity index (χ1v) is 9.44. The number of hydrogen-bond acceptors (Lipinski definition) is 3. The molecule has 0 aliphatic heterocycles. The molecule has 8 heteroatoms. The largest absolute Gasteiger partial charge is 0.492 e. The fraction of sp³-hybridized carbons (Fsp3) is 0.200. The number of ether oxygens (including phenoxy) is 1. The minimum absolute atomic E-state index is 0.132. The molecule has 2 rings (SSSR count). The molecule has 0 saturated heterocycles. The van der Waals surface area contributed by atoms with E-state index in [-0.39, 0.29) is 18.9 Å². The lowest BCUT2D eigenvalue weighted by atomic mass is 10.2. The number of nitrogens with one attached hydrogen (secondary N) is 1. The highest BCUT2D eigenvalue weighted by Crippen LogP contribution is 2.25. The van der Waals surface area contributed by atoms with E-state index >= 15 is 0 Å². The lowest BCUT2D eigenvalue weighted by Crippen LogP contribution is -2.29. The van der Waals surface area contributed by atoms with Crippen molar-refractivity contribution in [2.75, 3.05) is 13.2 Å². The summed E-state index contributed by atoms with van der Waals surface area (Å²) < 4.78 is 32.0. The van der Waals surface area contributed by atoms with Crippen molar-refractivity contribution in [1.82, 2.24) is 4.72 Å². The molecule has 0 saturated carbocycles. The fourth-order valence-electron chi connectivity index (χ4n) is 1.81. The van der Waals surface area contributed by atoms with Crippen LogP contribution in [0.1, 0.15) is 5.56 Å². The van der Waals surface area contributed by atoms with Gasteiger partial charge in [-0.05, 0) is 36.4 Å².